The van der Waals surface area contributed by atoms with Crippen LogP contribution in [0.5, 0.6) is 5.75 Å². The molecule has 3 aliphatic heterocycles. The lowest BCUT2D eigenvalue weighted by Gasteiger charge is -2.29. The van der Waals surface area contributed by atoms with E-state index in [-0.39, 0.29) is 30.6 Å². The molecule has 2 fully saturated rings. The highest BCUT2D eigenvalue weighted by molar-refractivity contribution is 6.05. The molecule has 0 aromatic heterocycles. The summed E-state index contributed by atoms with van der Waals surface area (Å²) in [6.45, 7) is 5.09. The lowest BCUT2D eigenvalue weighted by molar-refractivity contribution is -0.136. The van der Waals surface area contributed by atoms with Crippen molar-refractivity contribution >= 4 is 30.1 Å². The average Bonchev–Trinajstić information content (AvgIpc) is 3.16. The fraction of sp³-hybridized carbons (Fsp3) is 0.400. The minimum Gasteiger partial charge on any atom is -0.489 e. The molecule has 2 saturated heterocycles. The van der Waals surface area contributed by atoms with E-state index in [0.717, 1.165) is 44.0 Å². The summed E-state index contributed by atoms with van der Waals surface area (Å²) in [5, 5.41) is 2.33. The number of nitrogens with one attached hydrogen (secondary N) is 1. The van der Waals surface area contributed by atoms with E-state index < -0.39 is 11.9 Å². The van der Waals surface area contributed by atoms with Crippen molar-refractivity contribution in [1.29, 1.82) is 0 Å². The number of hydrogen-bond donors (Lipinski definition) is 1. The van der Waals surface area contributed by atoms with Crippen molar-refractivity contribution in [3.05, 3.63) is 64.7 Å². The molecular formula is C25H28ClN3O5. The third-order valence-electron chi connectivity index (χ3n) is 6.47. The van der Waals surface area contributed by atoms with Gasteiger partial charge in [-0.1, -0.05) is 30.3 Å². The molecule has 8 nitrogen and oxygen atoms in total. The van der Waals surface area contributed by atoms with Gasteiger partial charge in [0.15, 0.2) is 0 Å². The summed E-state index contributed by atoms with van der Waals surface area (Å²) in [5.41, 5.74) is 3.64. The maximum absolute atomic E-state index is 12.9. The van der Waals surface area contributed by atoms with Crippen LogP contribution in [0.3, 0.4) is 0 Å². The van der Waals surface area contributed by atoms with Gasteiger partial charge in [0.1, 0.15) is 18.4 Å². The highest BCUT2D eigenvalue weighted by Gasteiger charge is 2.40. The number of amides is 3. The van der Waals surface area contributed by atoms with Crippen LogP contribution in [0.4, 0.5) is 0 Å². The highest BCUT2D eigenvalue weighted by atomic mass is 35.5. The van der Waals surface area contributed by atoms with Crippen LogP contribution in [0.25, 0.3) is 0 Å². The Morgan fingerprint density at radius 2 is 1.74 bits per heavy atom. The normalized spacial score (nSPS) is 20.5. The van der Waals surface area contributed by atoms with Crippen LogP contribution in [-0.4, -0.2) is 59.9 Å². The van der Waals surface area contributed by atoms with E-state index in [1.165, 1.54) is 5.56 Å². The Balaban J connectivity index is 0.00000274. The second-order valence-electron chi connectivity index (χ2n) is 8.68. The zero-order valence-corrected chi connectivity index (χ0v) is 19.6. The number of morpholine rings is 1. The Kier molecular flexibility index (Phi) is 7.50. The first-order chi connectivity index (χ1) is 16.1. The van der Waals surface area contributed by atoms with Crippen LogP contribution in [-0.2, 0) is 34.0 Å². The number of benzene rings is 2. The van der Waals surface area contributed by atoms with Crippen LogP contribution in [0.2, 0.25) is 0 Å². The number of hydrogen-bond acceptors (Lipinski definition) is 6. The van der Waals surface area contributed by atoms with E-state index in [9.17, 15) is 14.4 Å². The standard InChI is InChI=1S/C25H27N3O5.ClH/c29-23-9-8-21(24(30)26-23)28-15-20-19(25(28)31)2-1-3-22(20)33-16-18-6-4-17(5-7-18)14-27-10-12-32-13-11-27;/h1-7,21H,8-16H2,(H,26,29,30);1H/t21-;/m1./s1. The maximum atomic E-state index is 12.9. The van der Waals surface area contributed by atoms with Crippen molar-refractivity contribution < 1.29 is 23.9 Å². The third-order valence-corrected chi connectivity index (χ3v) is 6.47. The Morgan fingerprint density at radius 1 is 1.00 bits per heavy atom. The van der Waals surface area contributed by atoms with Crippen molar-refractivity contribution in [3.63, 3.8) is 0 Å². The molecule has 0 unspecified atom stereocenters. The predicted octanol–water partition coefficient (Wildman–Crippen LogP) is 2.28. The van der Waals surface area contributed by atoms with Crippen LogP contribution in [0.1, 0.15) is 39.9 Å². The molecule has 3 aliphatic rings. The minimum absolute atomic E-state index is 0. The summed E-state index contributed by atoms with van der Waals surface area (Å²) in [4.78, 5) is 40.6. The smallest absolute Gasteiger partial charge is 0.255 e. The van der Waals surface area contributed by atoms with Gasteiger partial charge >= 0.3 is 0 Å². The summed E-state index contributed by atoms with van der Waals surface area (Å²) in [7, 11) is 0. The number of rotatable bonds is 6. The Bertz CT molecular complexity index is 1070. The first kappa shape index (κ1) is 24.2. The van der Waals surface area contributed by atoms with E-state index in [1.807, 2.05) is 6.07 Å². The van der Waals surface area contributed by atoms with Gasteiger partial charge in [0.05, 0.1) is 19.8 Å². The van der Waals surface area contributed by atoms with E-state index >= 15 is 0 Å². The minimum atomic E-state index is -0.630. The molecule has 0 saturated carbocycles. The quantitative estimate of drug-likeness (QED) is 0.632. The number of carbonyl (C=O) groups excluding carboxylic acids is 3. The molecule has 3 amide bonds. The van der Waals surface area contributed by atoms with Gasteiger partial charge in [-0.05, 0) is 29.7 Å². The number of imide groups is 1. The van der Waals surface area contributed by atoms with E-state index in [2.05, 4.69) is 34.5 Å². The summed E-state index contributed by atoms with van der Waals surface area (Å²) < 4.78 is 11.5. The Labute approximate surface area is 204 Å². The van der Waals surface area contributed by atoms with Gasteiger partial charge in [0.25, 0.3) is 5.91 Å². The second-order valence-corrected chi connectivity index (χ2v) is 8.68. The van der Waals surface area contributed by atoms with Gasteiger partial charge in [-0.25, -0.2) is 0 Å². The molecule has 2 aromatic carbocycles. The molecule has 0 aliphatic carbocycles. The van der Waals surface area contributed by atoms with Crippen molar-refractivity contribution in [2.24, 2.45) is 0 Å². The Hall–Kier alpha value is -2.94. The summed E-state index contributed by atoms with van der Waals surface area (Å²) in [6.07, 6.45) is 0.582. The number of ether oxygens (including phenoxy) is 2. The monoisotopic (exact) mass is 485 g/mol. The van der Waals surface area contributed by atoms with Gasteiger partial charge in [-0.15, -0.1) is 12.4 Å². The van der Waals surface area contributed by atoms with E-state index in [0.29, 0.717) is 30.9 Å². The maximum Gasteiger partial charge on any atom is 0.255 e. The van der Waals surface area contributed by atoms with E-state index in [1.54, 1.807) is 17.0 Å². The summed E-state index contributed by atoms with van der Waals surface area (Å²) in [6, 6.07) is 13.2. The predicted molar refractivity (Wildman–Crippen MR) is 127 cm³/mol. The SMILES string of the molecule is Cl.O=C1CC[C@@H](N2Cc3c(OCc4ccc(CN5CCOCC5)cc4)cccc3C2=O)C(=O)N1. The Morgan fingerprint density at radius 3 is 2.47 bits per heavy atom. The van der Waals surface area contributed by atoms with Crippen LogP contribution in [0.15, 0.2) is 42.5 Å². The first-order valence-corrected chi connectivity index (χ1v) is 11.4. The van der Waals surface area contributed by atoms with Crippen LogP contribution < -0.4 is 10.1 Å². The van der Waals surface area contributed by atoms with E-state index in [4.69, 9.17) is 9.47 Å². The molecule has 1 N–H and O–H groups in total. The largest absolute Gasteiger partial charge is 0.489 e. The van der Waals surface area contributed by atoms with Crippen molar-refractivity contribution in [2.45, 2.75) is 38.6 Å². The molecular weight excluding hydrogens is 458 g/mol. The van der Waals surface area contributed by atoms with Crippen molar-refractivity contribution in [2.75, 3.05) is 26.3 Å². The zero-order chi connectivity index (χ0) is 22.8. The summed E-state index contributed by atoms with van der Waals surface area (Å²) >= 11 is 0. The van der Waals surface area contributed by atoms with Gasteiger partial charge in [0.2, 0.25) is 11.8 Å². The first-order valence-electron chi connectivity index (χ1n) is 11.4. The topological polar surface area (TPSA) is 88.2 Å². The molecule has 3 heterocycles. The van der Waals surface area contributed by atoms with Gasteiger partial charge in [-0.2, -0.15) is 0 Å². The summed E-state index contributed by atoms with van der Waals surface area (Å²) in [5.74, 6) is -0.252. The van der Waals surface area contributed by atoms with Gasteiger partial charge in [0, 0.05) is 37.2 Å². The molecule has 0 spiro atoms. The van der Waals surface area contributed by atoms with Crippen LogP contribution >= 0.6 is 12.4 Å². The number of piperidine rings is 1. The average molecular weight is 486 g/mol. The molecule has 5 rings (SSSR count). The fourth-order valence-electron chi connectivity index (χ4n) is 4.61. The fourth-order valence-corrected chi connectivity index (χ4v) is 4.61. The van der Waals surface area contributed by atoms with Crippen molar-refractivity contribution in [3.8, 4) is 5.75 Å². The van der Waals surface area contributed by atoms with Crippen LogP contribution in [0, 0.1) is 0 Å². The number of nitrogens with zero attached hydrogens (tertiary/aromatic N) is 2. The van der Waals surface area contributed by atoms with Gasteiger partial charge < -0.3 is 14.4 Å². The highest BCUT2D eigenvalue weighted by Crippen LogP contribution is 2.34. The molecule has 9 heteroatoms. The zero-order valence-electron chi connectivity index (χ0n) is 18.8. The molecule has 180 valence electrons. The molecule has 1 atom stereocenters. The van der Waals surface area contributed by atoms with Gasteiger partial charge in [-0.3, -0.25) is 24.6 Å². The van der Waals surface area contributed by atoms with Crippen molar-refractivity contribution in [1.82, 2.24) is 15.1 Å². The second kappa shape index (κ2) is 10.5. The number of carbonyl (C=O) groups is 3. The molecule has 2 aromatic rings. The lowest BCUT2D eigenvalue weighted by Crippen LogP contribution is -2.52. The lowest BCUT2D eigenvalue weighted by atomic mass is 10.0. The number of fused-ring (bicyclic) bond motifs is 1. The third kappa shape index (κ3) is 5.09. The molecule has 0 radical (unpaired) electrons. The molecule has 34 heavy (non-hydrogen) atoms. The number of halogens is 1. The molecule has 0 bridgehead atoms.